The van der Waals surface area contributed by atoms with Crippen LogP contribution < -0.4 is 5.32 Å². The molecule has 6 nitrogen and oxygen atoms in total. The number of amides is 1. The molecule has 1 N–H and O–H groups in total. The molecular formula is C17H19N5O. The lowest BCUT2D eigenvalue weighted by Crippen LogP contribution is -2.28. The van der Waals surface area contributed by atoms with Crippen molar-refractivity contribution in [2.75, 3.05) is 0 Å². The number of carbonyl (C=O) groups excluding carboxylic acids is 1. The molecule has 0 spiro atoms. The zero-order valence-electron chi connectivity index (χ0n) is 13.0. The van der Waals surface area contributed by atoms with E-state index in [1.165, 1.54) is 0 Å². The number of fused-ring (bicyclic) bond motifs is 1. The van der Waals surface area contributed by atoms with E-state index in [0.29, 0.717) is 18.6 Å². The second kappa shape index (κ2) is 7.00. The summed E-state index contributed by atoms with van der Waals surface area (Å²) in [6.07, 6.45) is 10.9. The van der Waals surface area contributed by atoms with Gasteiger partial charge in [-0.2, -0.15) is 0 Å². The minimum absolute atomic E-state index is 0.0192. The van der Waals surface area contributed by atoms with E-state index in [1.54, 1.807) is 18.6 Å². The minimum atomic E-state index is -0.0990. The molecule has 23 heavy (non-hydrogen) atoms. The summed E-state index contributed by atoms with van der Waals surface area (Å²) < 4.78 is 1.86. The van der Waals surface area contributed by atoms with Crippen molar-refractivity contribution in [3.05, 3.63) is 60.4 Å². The molecule has 0 aliphatic heterocycles. The molecule has 3 aromatic rings. The molecule has 3 heterocycles. The lowest BCUT2D eigenvalue weighted by Gasteiger charge is -2.14. The molecule has 0 saturated carbocycles. The minimum Gasteiger partial charge on any atom is -0.348 e. The van der Waals surface area contributed by atoms with E-state index in [4.69, 9.17) is 0 Å². The Kier molecular flexibility index (Phi) is 4.61. The monoisotopic (exact) mass is 309 g/mol. The standard InChI is InChI=1S/C17H19N5O/c1-2-14(15-12-22-10-4-9-19-17(22)21-15)20-16(23)7-6-13-5-3-8-18-11-13/h3-5,8-12,14H,2,6-7H2,1H3,(H,20,23)/t14-/m1/s1. The summed E-state index contributed by atoms with van der Waals surface area (Å²) in [5.74, 6) is 0.663. The summed E-state index contributed by atoms with van der Waals surface area (Å²) in [4.78, 5) is 24.9. The highest BCUT2D eigenvalue weighted by atomic mass is 16.1. The lowest BCUT2D eigenvalue weighted by atomic mass is 10.1. The van der Waals surface area contributed by atoms with Gasteiger partial charge in [-0.1, -0.05) is 13.0 Å². The Bertz CT molecular complexity index is 751. The van der Waals surface area contributed by atoms with E-state index in [9.17, 15) is 4.79 Å². The summed E-state index contributed by atoms with van der Waals surface area (Å²) in [5.41, 5.74) is 1.90. The average Bonchev–Trinajstić information content (AvgIpc) is 3.02. The first-order valence-electron chi connectivity index (χ1n) is 7.74. The number of aromatic nitrogens is 4. The van der Waals surface area contributed by atoms with Crippen molar-refractivity contribution in [2.45, 2.75) is 32.2 Å². The van der Waals surface area contributed by atoms with Gasteiger partial charge in [-0.25, -0.2) is 9.97 Å². The van der Waals surface area contributed by atoms with E-state index >= 15 is 0 Å². The first-order valence-corrected chi connectivity index (χ1v) is 7.74. The summed E-state index contributed by atoms with van der Waals surface area (Å²) in [6, 6.07) is 5.61. The number of pyridine rings is 1. The third-order valence-electron chi connectivity index (χ3n) is 3.72. The fourth-order valence-corrected chi connectivity index (χ4v) is 2.47. The number of hydrogen-bond acceptors (Lipinski definition) is 4. The molecule has 3 aromatic heterocycles. The molecule has 118 valence electrons. The van der Waals surface area contributed by atoms with Crippen LogP contribution in [0.2, 0.25) is 0 Å². The van der Waals surface area contributed by atoms with Crippen LogP contribution in [0.5, 0.6) is 0 Å². The van der Waals surface area contributed by atoms with Crippen molar-refractivity contribution < 1.29 is 4.79 Å². The first-order chi connectivity index (χ1) is 11.3. The Morgan fingerprint density at radius 1 is 1.35 bits per heavy atom. The van der Waals surface area contributed by atoms with E-state index in [0.717, 1.165) is 17.7 Å². The van der Waals surface area contributed by atoms with Crippen LogP contribution in [-0.4, -0.2) is 25.3 Å². The molecule has 0 fully saturated rings. The molecule has 0 aromatic carbocycles. The molecule has 0 aliphatic carbocycles. The third-order valence-corrected chi connectivity index (χ3v) is 3.72. The summed E-state index contributed by atoms with van der Waals surface area (Å²) in [5, 5.41) is 3.05. The largest absolute Gasteiger partial charge is 0.348 e. The highest BCUT2D eigenvalue weighted by Crippen LogP contribution is 2.16. The predicted octanol–water partition coefficient (Wildman–Crippen LogP) is 2.32. The van der Waals surface area contributed by atoms with Gasteiger partial charge in [-0.05, 0) is 30.5 Å². The maximum absolute atomic E-state index is 12.2. The normalized spacial score (nSPS) is 12.2. The van der Waals surface area contributed by atoms with Gasteiger partial charge in [-0.3, -0.25) is 14.2 Å². The fourth-order valence-electron chi connectivity index (χ4n) is 2.47. The van der Waals surface area contributed by atoms with Crippen LogP contribution in [0.25, 0.3) is 5.78 Å². The van der Waals surface area contributed by atoms with Gasteiger partial charge in [0.25, 0.3) is 0 Å². The molecule has 0 unspecified atom stereocenters. The lowest BCUT2D eigenvalue weighted by molar-refractivity contribution is -0.121. The van der Waals surface area contributed by atoms with Gasteiger partial charge < -0.3 is 5.32 Å². The molecule has 0 bridgehead atoms. The van der Waals surface area contributed by atoms with Gasteiger partial charge in [-0.15, -0.1) is 0 Å². The first kappa shape index (κ1) is 15.1. The van der Waals surface area contributed by atoms with Crippen LogP contribution in [0, 0.1) is 0 Å². The Labute approximate surface area is 134 Å². The van der Waals surface area contributed by atoms with Gasteiger partial charge in [0.15, 0.2) is 0 Å². The molecule has 0 aliphatic rings. The topological polar surface area (TPSA) is 72.2 Å². The van der Waals surface area contributed by atoms with Crippen molar-refractivity contribution in [3.8, 4) is 0 Å². The average molecular weight is 309 g/mol. The SMILES string of the molecule is CC[C@@H](NC(=O)CCc1cccnc1)c1cn2cccnc2n1. The van der Waals surface area contributed by atoms with Crippen molar-refractivity contribution in [2.24, 2.45) is 0 Å². The molecule has 0 saturated heterocycles. The predicted molar refractivity (Wildman–Crippen MR) is 86.7 cm³/mol. The van der Waals surface area contributed by atoms with Crippen LogP contribution in [0.3, 0.4) is 0 Å². The van der Waals surface area contributed by atoms with E-state index in [2.05, 4.69) is 20.3 Å². The Balaban J connectivity index is 1.63. The zero-order chi connectivity index (χ0) is 16.1. The smallest absolute Gasteiger partial charge is 0.233 e. The molecule has 1 amide bonds. The van der Waals surface area contributed by atoms with Crippen LogP contribution in [0.4, 0.5) is 0 Å². The fraction of sp³-hybridized carbons (Fsp3) is 0.294. The molecule has 1 atom stereocenters. The van der Waals surface area contributed by atoms with Gasteiger partial charge in [0.2, 0.25) is 11.7 Å². The molecule has 0 radical (unpaired) electrons. The second-order valence-electron chi connectivity index (χ2n) is 5.38. The number of hydrogen-bond donors (Lipinski definition) is 1. The van der Waals surface area contributed by atoms with Crippen molar-refractivity contribution in [3.63, 3.8) is 0 Å². The van der Waals surface area contributed by atoms with E-state index in [-0.39, 0.29) is 11.9 Å². The number of imidazole rings is 1. The van der Waals surface area contributed by atoms with Crippen LogP contribution in [-0.2, 0) is 11.2 Å². The highest BCUT2D eigenvalue weighted by Gasteiger charge is 2.16. The maximum Gasteiger partial charge on any atom is 0.233 e. The molecule has 6 heteroatoms. The Morgan fingerprint density at radius 2 is 2.26 bits per heavy atom. The Morgan fingerprint density at radius 3 is 3.00 bits per heavy atom. The van der Waals surface area contributed by atoms with Crippen LogP contribution >= 0.6 is 0 Å². The second-order valence-corrected chi connectivity index (χ2v) is 5.38. The van der Waals surface area contributed by atoms with Gasteiger partial charge in [0, 0.05) is 37.4 Å². The van der Waals surface area contributed by atoms with Crippen molar-refractivity contribution in [1.82, 2.24) is 24.7 Å². The highest BCUT2D eigenvalue weighted by molar-refractivity contribution is 5.76. The van der Waals surface area contributed by atoms with Crippen molar-refractivity contribution >= 4 is 11.7 Å². The number of aryl methyl sites for hydroxylation is 1. The Hall–Kier alpha value is -2.76. The number of rotatable bonds is 6. The van der Waals surface area contributed by atoms with E-state index < -0.39 is 0 Å². The number of carbonyl (C=O) groups is 1. The van der Waals surface area contributed by atoms with Crippen LogP contribution in [0.1, 0.15) is 37.1 Å². The van der Waals surface area contributed by atoms with Gasteiger partial charge in [0.05, 0.1) is 11.7 Å². The maximum atomic E-state index is 12.2. The zero-order valence-corrected chi connectivity index (χ0v) is 13.0. The quantitative estimate of drug-likeness (QED) is 0.758. The number of nitrogens with one attached hydrogen (secondary N) is 1. The third kappa shape index (κ3) is 3.71. The summed E-state index contributed by atoms with van der Waals surface area (Å²) >= 11 is 0. The number of nitrogens with zero attached hydrogens (tertiary/aromatic N) is 4. The summed E-state index contributed by atoms with van der Waals surface area (Å²) in [6.45, 7) is 2.03. The van der Waals surface area contributed by atoms with Gasteiger partial charge in [0.1, 0.15) is 0 Å². The van der Waals surface area contributed by atoms with Gasteiger partial charge >= 0.3 is 0 Å². The van der Waals surface area contributed by atoms with Crippen molar-refractivity contribution in [1.29, 1.82) is 0 Å². The molecular weight excluding hydrogens is 290 g/mol. The molecule has 3 rings (SSSR count). The van der Waals surface area contributed by atoms with E-state index in [1.807, 2.05) is 41.9 Å². The summed E-state index contributed by atoms with van der Waals surface area (Å²) in [7, 11) is 0. The van der Waals surface area contributed by atoms with Crippen LogP contribution in [0.15, 0.2) is 49.2 Å².